The van der Waals surface area contributed by atoms with Crippen LogP contribution in [0.15, 0.2) is 72.1 Å². The van der Waals surface area contributed by atoms with Gasteiger partial charge in [-0.2, -0.15) is 0 Å². The molecule has 9 heteroatoms. The lowest BCUT2D eigenvalue weighted by Gasteiger charge is -2.20. The van der Waals surface area contributed by atoms with Gasteiger partial charge in [-0.15, -0.1) is 0 Å². The second kappa shape index (κ2) is 9.11. The summed E-state index contributed by atoms with van der Waals surface area (Å²) in [5.41, 5.74) is 0.643. The second-order valence-electron chi connectivity index (χ2n) is 6.36. The van der Waals surface area contributed by atoms with E-state index in [1.54, 1.807) is 36.8 Å². The molecule has 0 unspecified atom stereocenters. The van der Waals surface area contributed by atoms with Crippen LogP contribution in [0.2, 0.25) is 5.02 Å². The molecule has 1 heterocycles. The van der Waals surface area contributed by atoms with Crippen LogP contribution in [0.1, 0.15) is 16.8 Å². The number of carbonyl (C=O) groups excluding carboxylic acids is 1. The van der Waals surface area contributed by atoms with Gasteiger partial charge in [-0.3, -0.25) is 9.10 Å². The van der Waals surface area contributed by atoms with Crippen LogP contribution in [0.4, 0.5) is 5.69 Å². The molecule has 1 N–H and O–H groups in total. The van der Waals surface area contributed by atoms with Crippen LogP contribution in [-0.4, -0.2) is 37.5 Å². The Hall–Kier alpha value is -2.84. The van der Waals surface area contributed by atoms with Crippen LogP contribution in [0.3, 0.4) is 0 Å². The molecule has 3 aromatic rings. The van der Waals surface area contributed by atoms with E-state index in [1.165, 1.54) is 29.6 Å². The lowest BCUT2D eigenvalue weighted by molar-refractivity contribution is 0.0952. The topological polar surface area (TPSA) is 84.3 Å². The van der Waals surface area contributed by atoms with Gasteiger partial charge < -0.3 is 9.88 Å². The minimum atomic E-state index is -3.84. The van der Waals surface area contributed by atoms with Crippen molar-refractivity contribution in [1.82, 2.24) is 14.9 Å². The first-order valence-electron chi connectivity index (χ1n) is 8.97. The number of nitrogens with zero attached hydrogens (tertiary/aromatic N) is 3. The van der Waals surface area contributed by atoms with E-state index >= 15 is 0 Å². The van der Waals surface area contributed by atoms with Gasteiger partial charge in [0.15, 0.2) is 0 Å². The van der Waals surface area contributed by atoms with Gasteiger partial charge in [0.1, 0.15) is 0 Å². The Bertz CT molecular complexity index is 1070. The van der Waals surface area contributed by atoms with Gasteiger partial charge in [0.05, 0.1) is 27.5 Å². The van der Waals surface area contributed by atoms with E-state index in [0.717, 1.165) is 0 Å². The number of benzene rings is 2. The molecule has 0 radical (unpaired) electrons. The Morgan fingerprint density at radius 1 is 1.21 bits per heavy atom. The molecular formula is C20H21ClN4O3S. The Morgan fingerprint density at radius 3 is 2.66 bits per heavy atom. The molecule has 1 amide bonds. The largest absolute Gasteiger partial charge is 0.352 e. The number of anilines is 1. The molecule has 1 aromatic heterocycles. The highest BCUT2D eigenvalue weighted by atomic mass is 35.5. The Balaban J connectivity index is 1.72. The third-order valence-electron chi connectivity index (χ3n) is 4.40. The van der Waals surface area contributed by atoms with Crippen molar-refractivity contribution >= 4 is 33.2 Å². The number of nitrogens with one attached hydrogen (secondary N) is 1. The number of hydrogen-bond acceptors (Lipinski definition) is 4. The van der Waals surface area contributed by atoms with Gasteiger partial charge in [0.25, 0.3) is 15.9 Å². The lowest BCUT2D eigenvalue weighted by atomic mass is 10.2. The number of imidazole rings is 1. The van der Waals surface area contributed by atoms with Crippen LogP contribution in [-0.2, 0) is 16.6 Å². The zero-order valence-corrected chi connectivity index (χ0v) is 17.4. The predicted octanol–water partition coefficient (Wildman–Crippen LogP) is 3.18. The molecule has 29 heavy (non-hydrogen) atoms. The molecule has 0 aliphatic rings. The number of amides is 1. The summed E-state index contributed by atoms with van der Waals surface area (Å²) in [4.78, 5) is 16.5. The second-order valence-corrected chi connectivity index (χ2v) is 8.74. The van der Waals surface area contributed by atoms with E-state index in [2.05, 4.69) is 10.3 Å². The number of aryl methyl sites for hydroxylation is 1. The molecule has 7 nitrogen and oxygen atoms in total. The van der Waals surface area contributed by atoms with Gasteiger partial charge in [0, 0.05) is 32.5 Å². The Kier molecular flexibility index (Phi) is 6.56. The monoisotopic (exact) mass is 432 g/mol. The van der Waals surface area contributed by atoms with E-state index < -0.39 is 15.9 Å². The third-order valence-corrected chi connectivity index (χ3v) is 6.51. The molecule has 0 saturated carbocycles. The molecule has 3 rings (SSSR count). The third kappa shape index (κ3) is 4.96. The average molecular weight is 433 g/mol. The van der Waals surface area contributed by atoms with Crippen molar-refractivity contribution in [1.29, 1.82) is 0 Å². The molecule has 152 valence electrons. The summed E-state index contributed by atoms with van der Waals surface area (Å²) in [6.45, 7) is 1.14. The molecule has 2 aromatic carbocycles. The maximum atomic E-state index is 13.0. The number of hydrogen-bond donors (Lipinski definition) is 1. The van der Waals surface area contributed by atoms with E-state index in [0.29, 0.717) is 25.2 Å². The number of carbonyl (C=O) groups is 1. The summed E-state index contributed by atoms with van der Waals surface area (Å²) in [5.74, 6) is -0.417. The van der Waals surface area contributed by atoms with Crippen LogP contribution >= 0.6 is 11.6 Å². The van der Waals surface area contributed by atoms with E-state index in [1.807, 2.05) is 16.8 Å². The Labute approximate surface area is 175 Å². The number of rotatable bonds is 8. The fraction of sp³-hybridized carbons (Fsp3) is 0.200. The number of para-hydroxylation sites is 1. The van der Waals surface area contributed by atoms with Crippen molar-refractivity contribution in [2.75, 3.05) is 17.9 Å². The predicted molar refractivity (Wildman–Crippen MR) is 113 cm³/mol. The van der Waals surface area contributed by atoms with E-state index in [-0.39, 0.29) is 15.5 Å². The zero-order valence-electron chi connectivity index (χ0n) is 15.8. The maximum Gasteiger partial charge on any atom is 0.264 e. The summed E-state index contributed by atoms with van der Waals surface area (Å²) in [5, 5.41) is 2.97. The first kappa shape index (κ1) is 20.9. The summed E-state index contributed by atoms with van der Waals surface area (Å²) in [7, 11) is -2.37. The standard InChI is InChI=1S/C20H21ClN4O3S/c1-24(16-6-3-2-4-7-16)29(27,28)17-8-9-19(21)18(14-17)20(26)23-10-5-12-25-13-11-22-15-25/h2-4,6-9,11,13-15H,5,10,12H2,1H3,(H,23,26). The summed E-state index contributed by atoms with van der Waals surface area (Å²) < 4.78 is 29.0. The smallest absolute Gasteiger partial charge is 0.264 e. The van der Waals surface area contributed by atoms with Gasteiger partial charge in [-0.05, 0) is 36.8 Å². The van der Waals surface area contributed by atoms with Crippen LogP contribution in [0.5, 0.6) is 0 Å². The van der Waals surface area contributed by atoms with Gasteiger partial charge in [-0.25, -0.2) is 13.4 Å². The fourth-order valence-corrected chi connectivity index (χ4v) is 4.18. The van der Waals surface area contributed by atoms with Gasteiger partial charge >= 0.3 is 0 Å². The van der Waals surface area contributed by atoms with E-state index in [9.17, 15) is 13.2 Å². The molecule has 0 fully saturated rings. The first-order chi connectivity index (χ1) is 13.9. The highest BCUT2D eigenvalue weighted by molar-refractivity contribution is 7.92. The van der Waals surface area contributed by atoms with Crippen LogP contribution in [0, 0.1) is 0 Å². The molecular weight excluding hydrogens is 412 g/mol. The SMILES string of the molecule is CN(c1ccccc1)S(=O)(=O)c1ccc(Cl)c(C(=O)NCCCn2ccnc2)c1. The number of aromatic nitrogens is 2. The highest BCUT2D eigenvalue weighted by Crippen LogP contribution is 2.25. The maximum absolute atomic E-state index is 13.0. The minimum Gasteiger partial charge on any atom is -0.352 e. The van der Waals surface area contributed by atoms with Gasteiger partial charge in [-0.1, -0.05) is 29.8 Å². The van der Waals surface area contributed by atoms with Crippen molar-refractivity contribution in [3.05, 3.63) is 77.8 Å². The molecule has 0 spiro atoms. The quantitative estimate of drug-likeness (QED) is 0.554. The normalized spacial score (nSPS) is 11.2. The first-order valence-corrected chi connectivity index (χ1v) is 10.8. The van der Waals surface area contributed by atoms with Crippen molar-refractivity contribution in [3.8, 4) is 0 Å². The fourth-order valence-electron chi connectivity index (χ4n) is 2.75. The molecule has 0 atom stereocenters. The highest BCUT2D eigenvalue weighted by Gasteiger charge is 2.23. The van der Waals surface area contributed by atoms with Crippen LogP contribution < -0.4 is 9.62 Å². The van der Waals surface area contributed by atoms with Crippen molar-refractivity contribution in [2.45, 2.75) is 17.9 Å². The number of halogens is 1. The minimum absolute atomic E-state index is 0.00295. The zero-order chi connectivity index (χ0) is 20.9. The molecule has 0 bridgehead atoms. The summed E-state index contributed by atoms with van der Waals surface area (Å²) in [6, 6.07) is 12.8. The summed E-state index contributed by atoms with van der Waals surface area (Å²) in [6.07, 6.45) is 5.94. The van der Waals surface area contributed by atoms with Crippen molar-refractivity contribution < 1.29 is 13.2 Å². The lowest BCUT2D eigenvalue weighted by Crippen LogP contribution is -2.28. The number of sulfonamides is 1. The van der Waals surface area contributed by atoms with Crippen LogP contribution in [0.25, 0.3) is 0 Å². The van der Waals surface area contributed by atoms with E-state index in [4.69, 9.17) is 11.6 Å². The Morgan fingerprint density at radius 2 is 1.97 bits per heavy atom. The van der Waals surface area contributed by atoms with Gasteiger partial charge in [0.2, 0.25) is 0 Å². The van der Waals surface area contributed by atoms with Crippen molar-refractivity contribution in [3.63, 3.8) is 0 Å². The molecule has 0 saturated heterocycles. The summed E-state index contributed by atoms with van der Waals surface area (Å²) >= 11 is 6.15. The van der Waals surface area contributed by atoms with Crippen molar-refractivity contribution in [2.24, 2.45) is 0 Å². The molecule has 0 aliphatic carbocycles. The average Bonchev–Trinajstić information content (AvgIpc) is 3.25. The molecule has 0 aliphatic heterocycles.